The number of hydrogen-bond donors (Lipinski definition) is 2. The van der Waals surface area contributed by atoms with Crippen LogP contribution in [0, 0.1) is 11.3 Å². The van der Waals surface area contributed by atoms with Gasteiger partial charge in [0.15, 0.2) is 5.57 Å². The molecule has 0 aromatic heterocycles. The summed E-state index contributed by atoms with van der Waals surface area (Å²) >= 11 is 0. The van der Waals surface area contributed by atoms with E-state index in [1.807, 2.05) is 0 Å². The Hall–Kier alpha value is -2.48. The zero-order valence-electron chi connectivity index (χ0n) is 9.43. The predicted molar refractivity (Wildman–Crippen MR) is 64.8 cm³/mol. The first kappa shape index (κ1) is 12.6. The Morgan fingerprint density at radius 1 is 1.59 bits per heavy atom. The highest BCUT2D eigenvalue weighted by Crippen LogP contribution is 2.16. The van der Waals surface area contributed by atoms with Gasteiger partial charge in [-0.05, 0) is 19.1 Å². The van der Waals surface area contributed by atoms with E-state index in [4.69, 9.17) is 15.7 Å². The molecule has 0 spiro atoms. The zero-order chi connectivity index (χ0) is 12.7. The Morgan fingerprint density at radius 2 is 2.29 bits per heavy atom. The minimum Gasteiger partial charge on any atom is -0.462 e. The molecule has 0 aliphatic carbocycles. The molecule has 88 valence electrons. The molecule has 1 rings (SSSR count). The van der Waals surface area contributed by atoms with Crippen LogP contribution in [0.5, 0.6) is 0 Å². The smallest absolute Gasteiger partial charge is 0.350 e. The lowest BCUT2D eigenvalue weighted by molar-refractivity contribution is -0.138. The molecule has 0 radical (unpaired) electrons. The van der Waals surface area contributed by atoms with E-state index in [-0.39, 0.29) is 12.2 Å². The maximum absolute atomic E-state index is 11.3. The van der Waals surface area contributed by atoms with Crippen molar-refractivity contribution in [1.82, 2.24) is 0 Å². The number of nitrogens with two attached hydrogens (primary N) is 1. The summed E-state index contributed by atoms with van der Waals surface area (Å²) in [6, 6.07) is 8.80. The highest BCUT2D eigenvalue weighted by atomic mass is 16.5. The molecule has 0 heterocycles. The minimum atomic E-state index is -0.656. The molecule has 0 saturated carbocycles. The van der Waals surface area contributed by atoms with Gasteiger partial charge >= 0.3 is 5.97 Å². The van der Waals surface area contributed by atoms with Gasteiger partial charge in [-0.1, -0.05) is 12.1 Å². The largest absolute Gasteiger partial charge is 0.462 e. The molecule has 0 unspecified atom stereocenters. The van der Waals surface area contributed by atoms with Crippen molar-refractivity contribution in [3.05, 3.63) is 36.0 Å². The van der Waals surface area contributed by atoms with Crippen LogP contribution in [0.1, 0.15) is 6.92 Å². The summed E-state index contributed by atoms with van der Waals surface area (Å²) in [4.78, 5) is 11.3. The number of nitriles is 1. The number of para-hydroxylation sites is 2. The number of nitrogens with one attached hydrogen (secondary N) is 1. The highest BCUT2D eigenvalue weighted by Gasteiger charge is 2.09. The van der Waals surface area contributed by atoms with Crippen LogP contribution in [0.3, 0.4) is 0 Å². The first-order valence-corrected chi connectivity index (χ1v) is 5.07. The summed E-state index contributed by atoms with van der Waals surface area (Å²) in [5.74, 6) is -0.656. The van der Waals surface area contributed by atoms with Crippen LogP contribution in [0.4, 0.5) is 11.4 Å². The summed E-state index contributed by atoms with van der Waals surface area (Å²) < 4.78 is 4.71. The van der Waals surface area contributed by atoms with Crippen molar-refractivity contribution in [2.75, 3.05) is 17.7 Å². The van der Waals surface area contributed by atoms with Crippen LogP contribution < -0.4 is 11.1 Å². The number of benzene rings is 1. The normalized spacial score (nSPS) is 10.5. The van der Waals surface area contributed by atoms with Crippen LogP contribution in [0.15, 0.2) is 36.0 Å². The van der Waals surface area contributed by atoms with Gasteiger partial charge in [0.1, 0.15) is 6.07 Å². The Kier molecular flexibility index (Phi) is 4.58. The van der Waals surface area contributed by atoms with Crippen molar-refractivity contribution in [3.63, 3.8) is 0 Å². The lowest BCUT2D eigenvalue weighted by Crippen LogP contribution is -2.08. The second-order valence-electron chi connectivity index (χ2n) is 3.12. The fraction of sp³-hybridized carbons (Fsp3) is 0.167. The van der Waals surface area contributed by atoms with E-state index in [2.05, 4.69) is 5.32 Å². The van der Waals surface area contributed by atoms with E-state index < -0.39 is 5.97 Å². The first-order valence-electron chi connectivity index (χ1n) is 5.07. The summed E-state index contributed by atoms with van der Waals surface area (Å²) in [5, 5.41) is 11.6. The number of nitrogens with zero attached hydrogens (tertiary/aromatic N) is 1. The molecular formula is C12H13N3O2. The van der Waals surface area contributed by atoms with Crippen LogP contribution in [-0.2, 0) is 9.53 Å². The molecular weight excluding hydrogens is 218 g/mol. The maximum atomic E-state index is 11.3. The number of anilines is 2. The fourth-order valence-corrected chi connectivity index (χ4v) is 1.12. The zero-order valence-corrected chi connectivity index (χ0v) is 9.43. The van der Waals surface area contributed by atoms with Crippen LogP contribution in [0.25, 0.3) is 0 Å². The lowest BCUT2D eigenvalue weighted by atomic mass is 10.2. The molecule has 1 aromatic rings. The molecule has 0 amide bonds. The van der Waals surface area contributed by atoms with Crippen molar-refractivity contribution in [2.24, 2.45) is 0 Å². The van der Waals surface area contributed by atoms with Gasteiger partial charge in [-0.2, -0.15) is 5.26 Å². The number of hydrogen-bond acceptors (Lipinski definition) is 5. The highest BCUT2D eigenvalue weighted by molar-refractivity contribution is 5.93. The quantitative estimate of drug-likeness (QED) is 0.356. The molecule has 0 saturated heterocycles. The minimum absolute atomic E-state index is 0.102. The molecule has 0 bridgehead atoms. The molecule has 5 nitrogen and oxygen atoms in total. The Balaban J connectivity index is 2.79. The van der Waals surface area contributed by atoms with Gasteiger partial charge in [0, 0.05) is 6.20 Å². The van der Waals surface area contributed by atoms with Crippen molar-refractivity contribution in [3.8, 4) is 6.07 Å². The van der Waals surface area contributed by atoms with Gasteiger partial charge in [-0.3, -0.25) is 0 Å². The summed E-state index contributed by atoms with van der Waals surface area (Å²) in [7, 11) is 0. The number of esters is 1. The van der Waals surface area contributed by atoms with Crippen molar-refractivity contribution in [2.45, 2.75) is 6.92 Å². The second-order valence-corrected chi connectivity index (χ2v) is 3.12. The predicted octanol–water partition coefficient (Wildman–Crippen LogP) is 1.65. The molecule has 0 atom stereocenters. The van der Waals surface area contributed by atoms with E-state index in [9.17, 15) is 4.79 Å². The van der Waals surface area contributed by atoms with Gasteiger partial charge in [0.05, 0.1) is 18.0 Å². The Bertz CT molecular complexity index is 475. The summed E-state index contributed by atoms with van der Waals surface area (Å²) in [5.41, 5.74) is 6.75. The van der Waals surface area contributed by atoms with E-state index in [0.717, 1.165) is 0 Å². The molecule has 0 fully saturated rings. The number of carbonyl (C=O) groups excluding carboxylic acids is 1. The molecule has 0 aliphatic rings. The molecule has 0 aliphatic heterocycles. The Morgan fingerprint density at radius 3 is 2.88 bits per heavy atom. The first-order chi connectivity index (χ1) is 8.19. The van der Waals surface area contributed by atoms with E-state index in [0.29, 0.717) is 11.4 Å². The van der Waals surface area contributed by atoms with Crippen molar-refractivity contribution in [1.29, 1.82) is 5.26 Å². The van der Waals surface area contributed by atoms with E-state index in [1.54, 1.807) is 37.3 Å². The molecule has 17 heavy (non-hydrogen) atoms. The second kappa shape index (κ2) is 6.18. The van der Waals surface area contributed by atoms with Gasteiger partial charge < -0.3 is 15.8 Å². The number of rotatable bonds is 4. The molecule has 5 heteroatoms. The summed E-state index contributed by atoms with van der Waals surface area (Å²) in [6.07, 6.45) is 1.28. The van der Waals surface area contributed by atoms with E-state index >= 15 is 0 Å². The SMILES string of the molecule is CCOC(=O)/C(C#N)=C\Nc1ccccc1N. The van der Waals surface area contributed by atoms with Gasteiger partial charge in [0.2, 0.25) is 0 Å². The molecule has 1 aromatic carbocycles. The van der Waals surface area contributed by atoms with Gasteiger partial charge in [0.25, 0.3) is 0 Å². The number of ether oxygens (including phenoxy) is 1. The summed E-state index contributed by atoms with van der Waals surface area (Å²) in [6.45, 7) is 1.90. The molecule has 3 N–H and O–H groups in total. The number of nitrogen functional groups attached to an aromatic ring is 1. The average Bonchev–Trinajstić information content (AvgIpc) is 2.32. The third-order valence-corrected chi connectivity index (χ3v) is 1.95. The number of carbonyl (C=O) groups is 1. The van der Waals surface area contributed by atoms with Crippen LogP contribution in [0.2, 0.25) is 0 Å². The average molecular weight is 231 g/mol. The maximum Gasteiger partial charge on any atom is 0.350 e. The lowest BCUT2D eigenvalue weighted by Gasteiger charge is -2.05. The Labute approximate surface area is 99.5 Å². The monoisotopic (exact) mass is 231 g/mol. The van der Waals surface area contributed by atoms with E-state index in [1.165, 1.54) is 6.20 Å². The third-order valence-electron chi connectivity index (χ3n) is 1.95. The van der Waals surface area contributed by atoms with Crippen LogP contribution in [-0.4, -0.2) is 12.6 Å². The van der Waals surface area contributed by atoms with Crippen molar-refractivity contribution < 1.29 is 9.53 Å². The standard InChI is InChI=1S/C12H13N3O2/c1-2-17-12(16)9(7-13)8-15-11-6-4-3-5-10(11)14/h3-6,8,15H,2,14H2,1H3/b9-8-. The third kappa shape index (κ3) is 3.54. The van der Waals surface area contributed by atoms with Gasteiger partial charge in [-0.25, -0.2) is 4.79 Å². The van der Waals surface area contributed by atoms with Crippen LogP contribution >= 0.6 is 0 Å². The fourth-order valence-electron chi connectivity index (χ4n) is 1.12. The van der Waals surface area contributed by atoms with Crippen molar-refractivity contribution >= 4 is 17.3 Å². The van der Waals surface area contributed by atoms with Gasteiger partial charge in [-0.15, -0.1) is 0 Å². The topological polar surface area (TPSA) is 88.1 Å².